The molecule has 1 fully saturated rings. The standard InChI is InChI=1S/C14H20N2O3/c15-13(17)6-4-10-2-1-3-12(8-10)19-9-11-5-7-14(18)16-11/h1-3,8,11,13,17H,4-7,9,15H2,(H,16,18)/t11?,13-/m1/s1. The first-order chi connectivity index (χ1) is 9.13. The fourth-order valence-corrected chi connectivity index (χ4v) is 2.10. The lowest BCUT2D eigenvalue weighted by atomic mass is 10.1. The number of nitrogens with one attached hydrogen (secondary N) is 1. The van der Waals surface area contributed by atoms with Crippen LogP contribution in [0.5, 0.6) is 5.75 Å². The van der Waals surface area contributed by atoms with Crippen LogP contribution in [0.2, 0.25) is 0 Å². The molecule has 5 heteroatoms. The van der Waals surface area contributed by atoms with Crippen molar-refractivity contribution < 1.29 is 14.6 Å². The van der Waals surface area contributed by atoms with Gasteiger partial charge in [-0.2, -0.15) is 0 Å². The quantitative estimate of drug-likeness (QED) is 0.655. The Hall–Kier alpha value is -1.59. The molecule has 0 aromatic heterocycles. The molecule has 0 saturated carbocycles. The van der Waals surface area contributed by atoms with Crippen molar-refractivity contribution in [1.82, 2.24) is 5.32 Å². The number of amides is 1. The predicted octanol–water partition coefficient (Wildman–Crippen LogP) is 0.554. The molecule has 2 atom stereocenters. The summed E-state index contributed by atoms with van der Waals surface area (Å²) < 4.78 is 5.68. The molecule has 5 nitrogen and oxygen atoms in total. The van der Waals surface area contributed by atoms with E-state index in [9.17, 15) is 4.79 Å². The Bertz CT molecular complexity index is 434. The minimum absolute atomic E-state index is 0.0966. The van der Waals surface area contributed by atoms with Crippen molar-refractivity contribution in [1.29, 1.82) is 0 Å². The molecular weight excluding hydrogens is 244 g/mol. The number of aryl methyl sites for hydroxylation is 1. The lowest BCUT2D eigenvalue weighted by molar-refractivity contribution is -0.119. The smallest absolute Gasteiger partial charge is 0.220 e. The maximum absolute atomic E-state index is 11.1. The lowest BCUT2D eigenvalue weighted by Gasteiger charge is -2.13. The highest BCUT2D eigenvalue weighted by molar-refractivity contribution is 5.78. The molecule has 2 rings (SSSR count). The number of nitrogens with two attached hydrogens (primary N) is 1. The second-order valence-corrected chi connectivity index (χ2v) is 4.87. The van der Waals surface area contributed by atoms with Crippen LogP contribution in [0.15, 0.2) is 24.3 Å². The van der Waals surface area contributed by atoms with Gasteiger partial charge in [-0.3, -0.25) is 4.79 Å². The van der Waals surface area contributed by atoms with Gasteiger partial charge in [0.15, 0.2) is 0 Å². The summed E-state index contributed by atoms with van der Waals surface area (Å²) in [5, 5.41) is 11.9. The summed E-state index contributed by atoms with van der Waals surface area (Å²) >= 11 is 0. The van der Waals surface area contributed by atoms with Gasteiger partial charge in [-0.1, -0.05) is 12.1 Å². The van der Waals surface area contributed by atoms with Gasteiger partial charge < -0.3 is 20.9 Å². The molecule has 1 aromatic carbocycles. The Labute approximate surface area is 112 Å². The number of aliphatic hydroxyl groups excluding tert-OH is 1. The van der Waals surface area contributed by atoms with E-state index >= 15 is 0 Å². The number of benzene rings is 1. The van der Waals surface area contributed by atoms with Gasteiger partial charge in [-0.15, -0.1) is 0 Å². The molecule has 0 bridgehead atoms. The van der Waals surface area contributed by atoms with Crippen molar-refractivity contribution in [2.45, 2.75) is 38.0 Å². The van der Waals surface area contributed by atoms with Gasteiger partial charge in [0, 0.05) is 6.42 Å². The van der Waals surface area contributed by atoms with E-state index in [1.54, 1.807) is 0 Å². The first kappa shape index (κ1) is 13.8. The summed E-state index contributed by atoms with van der Waals surface area (Å²) in [6.07, 6.45) is 1.88. The van der Waals surface area contributed by atoms with Crippen LogP contribution >= 0.6 is 0 Å². The molecule has 1 aliphatic rings. The van der Waals surface area contributed by atoms with Gasteiger partial charge in [0.2, 0.25) is 5.91 Å². The molecule has 0 aliphatic carbocycles. The number of rotatable bonds is 6. The minimum Gasteiger partial charge on any atom is -0.491 e. The van der Waals surface area contributed by atoms with Crippen molar-refractivity contribution in [2.24, 2.45) is 5.73 Å². The van der Waals surface area contributed by atoms with Gasteiger partial charge >= 0.3 is 0 Å². The van der Waals surface area contributed by atoms with Gasteiger partial charge in [0.1, 0.15) is 18.6 Å². The van der Waals surface area contributed by atoms with Crippen LogP contribution in [0.1, 0.15) is 24.8 Å². The van der Waals surface area contributed by atoms with Gasteiger partial charge in [0.05, 0.1) is 6.04 Å². The monoisotopic (exact) mass is 264 g/mol. The zero-order valence-corrected chi connectivity index (χ0v) is 10.8. The molecule has 1 aromatic rings. The van der Waals surface area contributed by atoms with Gasteiger partial charge in [-0.05, 0) is 37.0 Å². The molecule has 19 heavy (non-hydrogen) atoms. The SMILES string of the molecule is N[C@H](O)CCc1cccc(OCC2CCC(=O)N2)c1. The average Bonchev–Trinajstić information content (AvgIpc) is 2.80. The van der Waals surface area contributed by atoms with Crippen LogP contribution in [-0.4, -0.2) is 29.9 Å². The van der Waals surface area contributed by atoms with E-state index in [1.165, 1.54) is 0 Å². The zero-order chi connectivity index (χ0) is 13.7. The highest BCUT2D eigenvalue weighted by Crippen LogP contribution is 2.16. The number of carbonyl (C=O) groups is 1. The van der Waals surface area contributed by atoms with E-state index in [0.717, 1.165) is 24.2 Å². The number of carbonyl (C=O) groups excluding carboxylic acids is 1. The predicted molar refractivity (Wildman–Crippen MR) is 71.6 cm³/mol. The highest BCUT2D eigenvalue weighted by atomic mass is 16.5. The van der Waals surface area contributed by atoms with Crippen molar-refractivity contribution in [3.05, 3.63) is 29.8 Å². The van der Waals surface area contributed by atoms with Gasteiger partial charge in [-0.25, -0.2) is 0 Å². The van der Waals surface area contributed by atoms with E-state index in [0.29, 0.717) is 19.4 Å². The largest absolute Gasteiger partial charge is 0.491 e. The van der Waals surface area contributed by atoms with Crippen molar-refractivity contribution in [3.63, 3.8) is 0 Å². The fourth-order valence-electron chi connectivity index (χ4n) is 2.10. The topological polar surface area (TPSA) is 84.6 Å². The summed E-state index contributed by atoms with van der Waals surface area (Å²) in [4.78, 5) is 11.1. The molecule has 0 radical (unpaired) electrons. The highest BCUT2D eigenvalue weighted by Gasteiger charge is 2.20. The van der Waals surface area contributed by atoms with Crippen molar-refractivity contribution in [3.8, 4) is 5.75 Å². The summed E-state index contributed by atoms with van der Waals surface area (Å²) in [5.41, 5.74) is 6.40. The summed E-state index contributed by atoms with van der Waals surface area (Å²) in [5.74, 6) is 0.879. The van der Waals surface area contributed by atoms with Crippen LogP contribution in [0.25, 0.3) is 0 Å². The summed E-state index contributed by atoms with van der Waals surface area (Å²) in [6, 6.07) is 7.84. The van der Waals surface area contributed by atoms with E-state index in [4.69, 9.17) is 15.6 Å². The summed E-state index contributed by atoms with van der Waals surface area (Å²) in [7, 11) is 0. The maximum Gasteiger partial charge on any atom is 0.220 e. The molecule has 1 unspecified atom stereocenters. The van der Waals surface area contributed by atoms with Crippen LogP contribution in [0, 0.1) is 0 Å². The van der Waals surface area contributed by atoms with E-state index in [-0.39, 0.29) is 11.9 Å². The Morgan fingerprint density at radius 1 is 1.53 bits per heavy atom. The van der Waals surface area contributed by atoms with Crippen molar-refractivity contribution in [2.75, 3.05) is 6.61 Å². The maximum atomic E-state index is 11.1. The Morgan fingerprint density at radius 2 is 2.37 bits per heavy atom. The Kier molecular flexibility index (Phi) is 4.76. The normalized spacial score (nSPS) is 20.1. The second-order valence-electron chi connectivity index (χ2n) is 4.87. The minimum atomic E-state index is -0.779. The number of ether oxygens (including phenoxy) is 1. The van der Waals surface area contributed by atoms with E-state index in [2.05, 4.69) is 5.32 Å². The average molecular weight is 264 g/mol. The van der Waals surface area contributed by atoms with E-state index < -0.39 is 6.23 Å². The van der Waals surface area contributed by atoms with Crippen LogP contribution < -0.4 is 15.8 Å². The molecular formula is C14H20N2O3. The third-order valence-corrected chi connectivity index (χ3v) is 3.16. The van der Waals surface area contributed by atoms with Crippen LogP contribution in [0.3, 0.4) is 0 Å². The lowest BCUT2D eigenvalue weighted by Crippen LogP contribution is -2.30. The first-order valence-corrected chi connectivity index (χ1v) is 6.58. The molecule has 4 N–H and O–H groups in total. The molecule has 0 spiro atoms. The van der Waals surface area contributed by atoms with E-state index in [1.807, 2.05) is 24.3 Å². The number of aliphatic hydroxyl groups is 1. The Morgan fingerprint density at radius 3 is 3.05 bits per heavy atom. The van der Waals surface area contributed by atoms with Crippen molar-refractivity contribution >= 4 is 5.91 Å². The molecule has 1 saturated heterocycles. The van der Waals surface area contributed by atoms with Crippen LogP contribution in [-0.2, 0) is 11.2 Å². The third kappa shape index (κ3) is 4.54. The third-order valence-electron chi connectivity index (χ3n) is 3.16. The zero-order valence-electron chi connectivity index (χ0n) is 10.8. The fraction of sp³-hybridized carbons (Fsp3) is 0.500. The number of hydrogen-bond donors (Lipinski definition) is 3. The first-order valence-electron chi connectivity index (χ1n) is 6.58. The molecule has 1 aliphatic heterocycles. The summed E-state index contributed by atoms with van der Waals surface area (Å²) in [6.45, 7) is 0.495. The second kappa shape index (κ2) is 6.54. The molecule has 104 valence electrons. The van der Waals surface area contributed by atoms with Crippen LogP contribution in [0.4, 0.5) is 0 Å². The van der Waals surface area contributed by atoms with Gasteiger partial charge in [0.25, 0.3) is 0 Å². The molecule has 1 amide bonds. The number of hydrogen-bond acceptors (Lipinski definition) is 4. The molecule has 1 heterocycles. The Balaban J connectivity index is 1.83.